The lowest BCUT2D eigenvalue weighted by molar-refractivity contribution is -0.158. The van der Waals surface area contributed by atoms with Gasteiger partial charge in [0.25, 0.3) is 11.8 Å². The second-order valence-corrected chi connectivity index (χ2v) is 7.52. The standard InChI is InChI=1S/C21H21BrN2O4/c1-14(21(27)24-10-9-15-5-2-3-6-17(15)13-24)28-19(25)12-23-20(26)16-7-4-8-18(22)11-16/h2-8,11,14H,9-10,12-13H2,1H3,(H,23,26). The molecule has 2 aromatic rings. The van der Waals surface area contributed by atoms with Crippen LogP contribution in [0.25, 0.3) is 0 Å². The van der Waals surface area contributed by atoms with Crippen molar-refractivity contribution in [1.29, 1.82) is 0 Å². The molecule has 2 aromatic carbocycles. The van der Waals surface area contributed by atoms with E-state index in [-0.39, 0.29) is 18.4 Å². The first kappa shape index (κ1) is 20.1. The van der Waals surface area contributed by atoms with Gasteiger partial charge in [0.15, 0.2) is 6.10 Å². The Morgan fingerprint density at radius 1 is 1.14 bits per heavy atom. The number of hydrogen-bond donors (Lipinski definition) is 1. The molecule has 2 amide bonds. The molecule has 0 saturated carbocycles. The number of halogens is 1. The summed E-state index contributed by atoms with van der Waals surface area (Å²) in [4.78, 5) is 38.4. The van der Waals surface area contributed by atoms with Gasteiger partial charge in [-0.2, -0.15) is 0 Å². The van der Waals surface area contributed by atoms with E-state index in [2.05, 4.69) is 27.3 Å². The van der Waals surface area contributed by atoms with Crippen LogP contribution >= 0.6 is 15.9 Å². The maximum Gasteiger partial charge on any atom is 0.326 e. The minimum Gasteiger partial charge on any atom is -0.451 e. The lowest BCUT2D eigenvalue weighted by atomic mass is 9.99. The number of carbonyl (C=O) groups excluding carboxylic acids is 3. The molecule has 7 heteroatoms. The van der Waals surface area contributed by atoms with Crippen LogP contribution < -0.4 is 5.32 Å². The van der Waals surface area contributed by atoms with Crippen LogP contribution in [-0.2, 0) is 27.3 Å². The molecular weight excluding hydrogens is 424 g/mol. The van der Waals surface area contributed by atoms with Gasteiger partial charge in [0.1, 0.15) is 6.54 Å². The van der Waals surface area contributed by atoms with Crippen LogP contribution in [0.5, 0.6) is 0 Å². The van der Waals surface area contributed by atoms with E-state index in [1.54, 1.807) is 36.1 Å². The van der Waals surface area contributed by atoms with Crippen LogP contribution in [0, 0.1) is 0 Å². The average Bonchev–Trinajstić information content (AvgIpc) is 2.71. The molecule has 1 heterocycles. The van der Waals surface area contributed by atoms with Crippen LogP contribution in [-0.4, -0.2) is 41.9 Å². The molecule has 1 atom stereocenters. The minimum absolute atomic E-state index is 0.235. The second kappa shape index (κ2) is 9.01. The van der Waals surface area contributed by atoms with E-state index < -0.39 is 12.1 Å². The van der Waals surface area contributed by atoms with Gasteiger partial charge in [0.2, 0.25) is 0 Å². The Bertz CT molecular complexity index is 899. The SMILES string of the molecule is CC(OC(=O)CNC(=O)c1cccc(Br)c1)C(=O)N1CCc2ccccc2C1. The Hall–Kier alpha value is -2.67. The summed E-state index contributed by atoms with van der Waals surface area (Å²) in [6, 6.07) is 14.8. The zero-order valence-electron chi connectivity index (χ0n) is 15.5. The van der Waals surface area contributed by atoms with Crippen LogP contribution in [0.3, 0.4) is 0 Å². The number of nitrogens with one attached hydrogen (secondary N) is 1. The lowest BCUT2D eigenvalue weighted by Gasteiger charge is -2.30. The predicted octanol–water partition coefficient (Wildman–Crippen LogP) is 2.70. The number of nitrogens with zero attached hydrogens (tertiary/aromatic N) is 1. The van der Waals surface area contributed by atoms with Crippen molar-refractivity contribution < 1.29 is 19.1 Å². The number of benzene rings is 2. The fourth-order valence-corrected chi connectivity index (χ4v) is 3.51. The molecule has 6 nitrogen and oxygen atoms in total. The molecule has 0 spiro atoms. The summed E-state index contributed by atoms with van der Waals surface area (Å²) in [6.07, 6.45) is -0.119. The van der Waals surface area contributed by atoms with E-state index in [1.165, 1.54) is 5.56 Å². The number of rotatable bonds is 5. The fraction of sp³-hybridized carbons (Fsp3) is 0.286. The summed E-state index contributed by atoms with van der Waals surface area (Å²) in [7, 11) is 0. The first-order chi connectivity index (χ1) is 13.4. The summed E-state index contributed by atoms with van der Waals surface area (Å²) < 4.78 is 5.98. The average molecular weight is 445 g/mol. The zero-order chi connectivity index (χ0) is 20.1. The molecule has 0 aromatic heterocycles. The summed E-state index contributed by atoms with van der Waals surface area (Å²) in [6.45, 7) is 2.36. The fourth-order valence-electron chi connectivity index (χ4n) is 3.11. The topological polar surface area (TPSA) is 75.7 Å². The van der Waals surface area contributed by atoms with Crippen molar-refractivity contribution in [3.8, 4) is 0 Å². The third-order valence-corrected chi connectivity index (χ3v) is 5.07. The van der Waals surface area contributed by atoms with Crippen LogP contribution in [0.15, 0.2) is 53.0 Å². The van der Waals surface area contributed by atoms with Gasteiger partial charge in [-0.25, -0.2) is 0 Å². The molecule has 0 saturated heterocycles. The molecule has 1 N–H and O–H groups in total. The number of fused-ring (bicyclic) bond motifs is 1. The molecule has 0 radical (unpaired) electrons. The number of carbonyl (C=O) groups is 3. The normalized spacial score (nSPS) is 14.0. The molecule has 28 heavy (non-hydrogen) atoms. The molecule has 0 bridgehead atoms. The highest BCUT2D eigenvalue weighted by atomic mass is 79.9. The van der Waals surface area contributed by atoms with E-state index in [4.69, 9.17) is 4.74 Å². The Morgan fingerprint density at radius 2 is 1.89 bits per heavy atom. The van der Waals surface area contributed by atoms with Gasteiger partial charge in [-0.1, -0.05) is 46.3 Å². The molecule has 146 valence electrons. The number of ether oxygens (including phenoxy) is 1. The largest absolute Gasteiger partial charge is 0.451 e. The summed E-state index contributed by atoms with van der Waals surface area (Å²) in [5.41, 5.74) is 2.78. The molecule has 1 unspecified atom stereocenters. The van der Waals surface area contributed by atoms with Gasteiger partial charge in [-0.3, -0.25) is 14.4 Å². The van der Waals surface area contributed by atoms with Crippen molar-refractivity contribution in [3.63, 3.8) is 0 Å². The van der Waals surface area contributed by atoms with Crippen LogP contribution in [0.1, 0.15) is 28.4 Å². The van der Waals surface area contributed by atoms with Gasteiger partial charge in [-0.05, 0) is 42.7 Å². The van der Waals surface area contributed by atoms with Gasteiger partial charge in [-0.15, -0.1) is 0 Å². The lowest BCUT2D eigenvalue weighted by Crippen LogP contribution is -2.43. The highest BCUT2D eigenvalue weighted by Crippen LogP contribution is 2.19. The third kappa shape index (κ3) is 4.98. The van der Waals surface area contributed by atoms with Crippen LogP contribution in [0.4, 0.5) is 0 Å². The van der Waals surface area contributed by atoms with Crippen molar-refractivity contribution in [2.75, 3.05) is 13.1 Å². The summed E-state index contributed by atoms with van der Waals surface area (Å²) in [5, 5.41) is 2.50. The van der Waals surface area contributed by atoms with Gasteiger partial charge < -0.3 is 15.0 Å². The smallest absolute Gasteiger partial charge is 0.326 e. The number of amides is 2. The Morgan fingerprint density at radius 3 is 2.64 bits per heavy atom. The first-order valence-corrected chi connectivity index (χ1v) is 9.82. The molecule has 0 aliphatic carbocycles. The van der Waals surface area contributed by atoms with Crippen molar-refractivity contribution >= 4 is 33.7 Å². The Labute approximate surface area is 172 Å². The van der Waals surface area contributed by atoms with Gasteiger partial charge >= 0.3 is 5.97 Å². The maximum atomic E-state index is 12.6. The number of esters is 1. The quantitative estimate of drug-likeness (QED) is 0.719. The van der Waals surface area contributed by atoms with Crippen molar-refractivity contribution in [3.05, 3.63) is 69.7 Å². The monoisotopic (exact) mass is 444 g/mol. The van der Waals surface area contributed by atoms with E-state index >= 15 is 0 Å². The van der Waals surface area contributed by atoms with Crippen molar-refractivity contribution in [2.24, 2.45) is 0 Å². The molecule has 0 fully saturated rings. The highest BCUT2D eigenvalue weighted by molar-refractivity contribution is 9.10. The third-order valence-electron chi connectivity index (χ3n) is 4.58. The molecular formula is C21H21BrN2O4. The summed E-state index contributed by atoms with van der Waals surface area (Å²) >= 11 is 3.29. The first-order valence-electron chi connectivity index (χ1n) is 9.03. The molecule has 3 rings (SSSR count). The van der Waals surface area contributed by atoms with E-state index in [0.29, 0.717) is 18.7 Å². The molecule has 1 aliphatic heterocycles. The maximum absolute atomic E-state index is 12.6. The Kier molecular flexibility index (Phi) is 6.46. The molecule has 1 aliphatic rings. The van der Waals surface area contributed by atoms with Gasteiger partial charge in [0.05, 0.1) is 0 Å². The number of hydrogen-bond acceptors (Lipinski definition) is 4. The van der Waals surface area contributed by atoms with Crippen molar-refractivity contribution in [1.82, 2.24) is 10.2 Å². The van der Waals surface area contributed by atoms with E-state index in [1.807, 2.05) is 18.2 Å². The predicted molar refractivity (Wildman–Crippen MR) is 108 cm³/mol. The van der Waals surface area contributed by atoms with Crippen LogP contribution in [0.2, 0.25) is 0 Å². The highest BCUT2D eigenvalue weighted by Gasteiger charge is 2.27. The summed E-state index contributed by atoms with van der Waals surface area (Å²) in [5.74, 6) is -1.27. The Balaban J connectivity index is 1.49. The van der Waals surface area contributed by atoms with E-state index in [9.17, 15) is 14.4 Å². The van der Waals surface area contributed by atoms with E-state index in [0.717, 1.165) is 16.5 Å². The minimum atomic E-state index is -0.902. The zero-order valence-corrected chi connectivity index (χ0v) is 17.1. The van der Waals surface area contributed by atoms with Gasteiger partial charge in [0, 0.05) is 23.1 Å². The van der Waals surface area contributed by atoms with Crippen molar-refractivity contribution in [2.45, 2.75) is 26.0 Å². The second-order valence-electron chi connectivity index (χ2n) is 6.60.